The highest BCUT2D eigenvalue weighted by Crippen LogP contribution is 2.39. The molecule has 1 unspecified atom stereocenters. The molecule has 0 amide bonds. The maximum absolute atomic E-state index is 13.2. The first-order valence-corrected chi connectivity index (χ1v) is 9.50. The van der Waals surface area contributed by atoms with Gasteiger partial charge in [0.1, 0.15) is 0 Å². The summed E-state index contributed by atoms with van der Waals surface area (Å²) < 4.78 is 40.9. The summed E-state index contributed by atoms with van der Waals surface area (Å²) >= 11 is 1.65. The second-order valence-electron chi connectivity index (χ2n) is 6.50. The van der Waals surface area contributed by atoms with E-state index in [-0.39, 0.29) is 6.04 Å². The first-order valence-electron chi connectivity index (χ1n) is 8.62. The Morgan fingerprint density at radius 1 is 1.00 bits per heavy atom. The van der Waals surface area contributed by atoms with Crippen molar-refractivity contribution >= 4 is 21.4 Å². The summed E-state index contributed by atoms with van der Waals surface area (Å²) in [4.78, 5) is 2.28. The molecular formula is C20H19F3N2S. The molecule has 0 bridgehead atoms. The minimum absolute atomic E-state index is 0.171. The first kappa shape index (κ1) is 17.5. The van der Waals surface area contributed by atoms with Crippen molar-refractivity contribution in [2.45, 2.75) is 12.2 Å². The van der Waals surface area contributed by atoms with Gasteiger partial charge in [-0.25, -0.2) is 0 Å². The van der Waals surface area contributed by atoms with Crippen molar-refractivity contribution in [2.75, 3.05) is 26.2 Å². The third-order valence-electron chi connectivity index (χ3n) is 4.85. The maximum atomic E-state index is 13.2. The van der Waals surface area contributed by atoms with Gasteiger partial charge in [0.15, 0.2) is 0 Å². The van der Waals surface area contributed by atoms with Crippen LogP contribution in [0, 0.1) is 0 Å². The van der Waals surface area contributed by atoms with Crippen LogP contribution in [-0.2, 0) is 6.18 Å². The molecule has 0 radical (unpaired) electrons. The lowest BCUT2D eigenvalue weighted by atomic mass is 9.94. The molecule has 2 nitrogen and oxygen atoms in total. The highest BCUT2D eigenvalue weighted by atomic mass is 32.1. The quantitative estimate of drug-likeness (QED) is 0.698. The normalized spacial score (nSPS) is 17.5. The van der Waals surface area contributed by atoms with E-state index in [4.69, 9.17) is 0 Å². The topological polar surface area (TPSA) is 15.3 Å². The van der Waals surface area contributed by atoms with Gasteiger partial charge in [-0.1, -0.05) is 30.3 Å². The number of thiophene rings is 1. The smallest absolute Gasteiger partial charge is 0.314 e. The summed E-state index contributed by atoms with van der Waals surface area (Å²) in [7, 11) is 0. The molecular weight excluding hydrogens is 357 g/mol. The van der Waals surface area contributed by atoms with Gasteiger partial charge in [0.05, 0.1) is 11.6 Å². The fourth-order valence-corrected chi connectivity index (χ4v) is 4.60. The SMILES string of the molecule is FC(F)(F)c1cccc(C(c2csc3ccccc23)N2CCNCC2)c1. The molecule has 1 aromatic heterocycles. The van der Waals surface area contributed by atoms with Crippen molar-refractivity contribution < 1.29 is 13.2 Å². The molecule has 0 spiro atoms. The average molecular weight is 376 g/mol. The number of halogens is 3. The van der Waals surface area contributed by atoms with E-state index in [1.54, 1.807) is 11.3 Å². The number of benzene rings is 2. The van der Waals surface area contributed by atoms with Gasteiger partial charge in [0, 0.05) is 30.9 Å². The Balaban J connectivity index is 1.84. The number of nitrogens with zero attached hydrogens (tertiary/aromatic N) is 1. The monoisotopic (exact) mass is 376 g/mol. The molecule has 2 aromatic carbocycles. The standard InChI is InChI=1S/C20H19F3N2S/c21-20(22,23)15-5-3-4-14(12-15)19(25-10-8-24-9-11-25)17-13-26-18-7-2-1-6-16(17)18/h1-7,12-13,19,24H,8-11H2. The molecule has 1 saturated heterocycles. The van der Waals surface area contributed by atoms with Crippen LogP contribution >= 0.6 is 11.3 Å². The lowest BCUT2D eigenvalue weighted by Crippen LogP contribution is -2.45. The van der Waals surface area contributed by atoms with Crippen LogP contribution in [0.15, 0.2) is 53.9 Å². The predicted molar refractivity (Wildman–Crippen MR) is 99.6 cm³/mol. The molecule has 6 heteroatoms. The highest BCUT2D eigenvalue weighted by Gasteiger charge is 2.32. The van der Waals surface area contributed by atoms with Crippen molar-refractivity contribution in [3.8, 4) is 0 Å². The number of nitrogens with one attached hydrogen (secondary N) is 1. The van der Waals surface area contributed by atoms with Crippen molar-refractivity contribution in [1.82, 2.24) is 10.2 Å². The summed E-state index contributed by atoms with van der Waals surface area (Å²) in [5.41, 5.74) is 1.20. The first-order chi connectivity index (χ1) is 12.5. The molecule has 4 rings (SSSR count). The molecule has 0 aliphatic carbocycles. The lowest BCUT2D eigenvalue weighted by Gasteiger charge is -2.35. The molecule has 0 saturated carbocycles. The molecule has 3 aromatic rings. The predicted octanol–water partition coefficient (Wildman–Crippen LogP) is 4.91. The third kappa shape index (κ3) is 3.37. The van der Waals surface area contributed by atoms with Gasteiger partial charge >= 0.3 is 6.18 Å². The number of rotatable bonds is 3. The molecule has 1 fully saturated rings. The number of hydrogen-bond donors (Lipinski definition) is 1. The zero-order chi connectivity index (χ0) is 18.1. The zero-order valence-corrected chi connectivity index (χ0v) is 14.9. The fourth-order valence-electron chi connectivity index (χ4n) is 3.62. The Morgan fingerprint density at radius 2 is 1.77 bits per heavy atom. The Kier molecular flexibility index (Phi) is 4.73. The average Bonchev–Trinajstić information content (AvgIpc) is 3.07. The lowest BCUT2D eigenvalue weighted by molar-refractivity contribution is -0.137. The molecule has 1 N–H and O–H groups in total. The van der Waals surface area contributed by atoms with E-state index in [2.05, 4.69) is 27.7 Å². The van der Waals surface area contributed by atoms with Crippen LogP contribution < -0.4 is 5.32 Å². The van der Waals surface area contributed by atoms with Gasteiger partial charge in [-0.3, -0.25) is 4.90 Å². The van der Waals surface area contributed by atoms with E-state index in [0.29, 0.717) is 5.56 Å². The second kappa shape index (κ2) is 7.02. The molecule has 1 aliphatic heterocycles. The Hall–Kier alpha value is -1.89. The summed E-state index contributed by atoms with van der Waals surface area (Å²) in [6.45, 7) is 3.31. The zero-order valence-electron chi connectivity index (χ0n) is 14.1. The van der Waals surface area contributed by atoms with Crippen molar-refractivity contribution in [3.63, 3.8) is 0 Å². The largest absolute Gasteiger partial charge is 0.416 e. The summed E-state index contributed by atoms with van der Waals surface area (Å²) in [5, 5.41) is 6.54. The minimum Gasteiger partial charge on any atom is -0.314 e. The maximum Gasteiger partial charge on any atom is 0.416 e. The van der Waals surface area contributed by atoms with Gasteiger partial charge in [-0.05, 0) is 40.1 Å². The van der Waals surface area contributed by atoms with Crippen molar-refractivity contribution in [3.05, 3.63) is 70.6 Å². The van der Waals surface area contributed by atoms with Crippen molar-refractivity contribution in [2.24, 2.45) is 0 Å². The van der Waals surface area contributed by atoms with E-state index in [9.17, 15) is 13.2 Å². The summed E-state index contributed by atoms with van der Waals surface area (Å²) in [5.74, 6) is 0. The Bertz CT molecular complexity index is 897. The van der Waals surface area contributed by atoms with Gasteiger partial charge in [-0.15, -0.1) is 11.3 Å². The van der Waals surface area contributed by atoms with E-state index in [0.717, 1.165) is 47.9 Å². The summed E-state index contributed by atoms with van der Waals surface area (Å²) in [6, 6.07) is 13.7. The van der Waals surface area contributed by atoms with Crippen LogP contribution in [0.3, 0.4) is 0 Å². The van der Waals surface area contributed by atoms with Crippen LogP contribution in [0.4, 0.5) is 13.2 Å². The summed E-state index contributed by atoms with van der Waals surface area (Å²) in [6.07, 6.45) is -4.33. The molecule has 1 atom stereocenters. The van der Waals surface area contributed by atoms with E-state index in [1.807, 2.05) is 18.2 Å². The second-order valence-corrected chi connectivity index (χ2v) is 7.41. The molecule has 1 aliphatic rings. The van der Waals surface area contributed by atoms with Crippen molar-refractivity contribution in [1.29, 1.82) is 0 Å². The van der Waals surface area contributed by atoms with Crippen LogP contribution in [0.25, 0.3) is 10.1 Å². The van der Waals surface area contributed by atoms with E-state index in [1.165, 1.54) is 12.1 Å². The molecule has 2 heterocycles. The number of hydrogen-bond acceptors (Lipinski definition) is 3. The van der Waals surface area contributed by atoms with Gasteiger partial charge in [0.2, 0.25) is 0 Å². The molecule has 136 valence electrons. The number of piperazine rings is 1. The highest BCUT2D eigenvalue weighted by molar-refractivity contribution is 7.17. The van der Waals surface area contributed by atoms with Crippen LogP contribution in [0.2, 0.25) is 0 Å². The van der Waals surface area contributed by atoms with Crippen LogP contribution in [0.5, 0.6) is 0 Å². The number of fused-ring (bicyclic) bond motifs is 1. The van der Waals surface area contributed by atoms with Crippen LogP contribution in [0.1, 0.15) is 22.7 Å². The van der Waals surface area contributed by atoms with Crippen LogP contribution in [-0.4, -0.2) is 31.1 Å². The van der Waals surface area contributed by atoms with E-state index < -0.39 is 11.7 Å². The van der Waals surface area contributed by atoms with Gasteiger partial charge in [-0.2, -0.15) is 13.2 Å². The Labute approximate surface area is 154 Å². The Morgan fingerprint density at radius 3 is 2.54 bits per heavy atom. The fraction of sp³-hybridized carbons (Fsp3) is 0.300. The minimum atomic E-state index is -4.33. The van der Waals surface area contributed by atoms with Gasteiger partial charge in [0.25, 0.3) is 0 Å². The van der Waals surface area contributed by atoms with E-state index >= 15 is 0 Å². The van der Waals surface area contributed by atoms with Gasteiger partial charge < -0.3 is 5.32 Å². The third-order valence-corrected chi connectivity index (χ3v) is 5.83. The molecule has 26 heavy (non-hydrogen) atoms. The number of alkyl halides is 3.